The van der Waals surface area contributed by atoms with Gasteiger partial charge in [-0.25, -0.2) is 0 Å². The summed E-state index contributed by atoms with van der Waals surface area (Å²) < 4.78 is 0. The minimum absolute atomic E-state index is 0.0786. The van der Waals surface area contributed by atoms with E-state index in [4.69, 9.17) is 0 Å². The number of aromatic nitrogens is 1. The van der Waals surface area contributed by atoms with E-state index in [0.29, 0.717) is 25.9 Å². The number of aliphatic carboxylic acids is 1. The Bertz CT molecular complexity index is 877. The average Bonchev–Trinajstić information content (AvgIpc) is 3.11. The van der Waals surface area contributed by atoms with Gasteiger partial charge in [0.25, 0.3) is 0 Å². The van der Waals surface area contributed by atoms with Gasteiger partial charge in [-0.3, -0.25) is 9.59 Å². The number of likely N-dealkylation sites (tertiary alicyclic amines) is 2. The number of amides is 1. The number of aromatic amines is 1. The van der Waals surface area contributed by atoms with Crippen LogP contribution in [0.5, 0.6) is 0 Å². The lowest BCUT2D eigenvalue weighted by Gasteiger charge is -2.51. The first-order valence-corrected chi connectivity index (χ1v) is 10.3. The van der Waals surface area contributed by atoms with Crippen molar-refractivity contribution >= 4 is 22.8 Å². The zero-order valence-electron chi connectivity index (χ0n) is 16.5. The second-order valence-electron chi connectivity index (χ2n) is 8.36. The molecule has 0 radical (unpaired) electrons. The van der Waals surface area contributed by atoms with Crippen LogP contribution in [0.15, 0.2) is 30.5 Å². The van der Waals surface area contributed by atoms with E-state index in [1.165, 1.54) is 10.9 Å². The van der Waals surface area contributed by atoms with Crippen LogP contribution in [0.3, 0.4) is 0 Å². The number of para-hydroxylation sites is 1. The van der Waals surface area contributed by atoms with Crippen molar-refractivity contribution in [3.05, 3.63) is 36.0 Å². The Morgan fingerprint density at radius 2 is 2.07 bits per heavy atom. The van der Waals surface area contributed by atoms with Crippen molar-refractivity contribution in [1.29, 1.82) is 0 Å². The highest BCUT2D eigenvalue weighted by atomic mass is 16.4. The first-order chi connectivity index (χ1) is 13.5. The first-order valence-electron chi connectivity index (χ1n) is 10.3. The molecule has 2 atom stereocenters. The zero-order chi connectivity index (χ0) is 19.7. The number of rotatable bonds is 5. The molecule has 6 nitrogen and oxygen atoms in total. The fourth-order valence-corrected chi connectivity index (χ4v) is 5.14. The summed E-state index contributed by atoms with van der Waals surface area (Å²) in [6.45, 7) is 2.00. The predicted molar refractivity (Wildman–Crippen MR) is 108 cm³/mol. The largest absolute Gasteiger partial charge is 0.481 e. The van der Waals surface area contributed by atoms with Gasteiger partial charge in [0.05, 0.1) is 5.41 Å². The van der Waals surface area contributed by atoms with Crippen LogP contribution >= 0.6 is 0 Å². The minimum atomic E-state index is -0.699. The molecule has 1 aromatic heterocycles. The lowest BCUT2D eigenvalue weighted by atomic mass is 9.68. The molecule has 2 aliphatic heterocycles. The van der Waals surface area contributed by atoms with Gasteiger partial charge in [0, 0.05) is 42.7 Å². The highest BCUT2D eigenvalue weighted by Gasteiger charge is 2.52. The van der Waals surface area contributed by atoms with Crippen LogP contribution in [0.4, 0.5) is 0 Å². The lowest BCUT2D eigenvalue weighted by Crippen LogP contribution is -2.63. The van der Waals surface area contributed by atoms with Crippen molar-refractivity contribution in [2.45, 2.75) is 44.6 Å². The Hall–Kier alpha value is -2.34. The molecule has 4 rings (SSSR count). The quantitative estimate of drug-likeness (QED) is 0.832. The molecule has 3 heterocycles. The van der Waals surface area contributed by atoms with Gasteiger partial charge in [-0.2, -0.15) is 0 Å². The van der Waals surface area contributed by atoms with Crippen LogP contribution in [0.2, 0.25) is 0 Å². The average molecular weight is 383 g/mol. The molecule has 2 fully saturated rings. The van der Waals surface area contributed by atoms with Crippen molar-refractivity contribution in [2.75, 3.05) is 26.7 Å². The van der Waals surface area contributed by atoms with Gasteiger partial charge in [-0.05, 0) is 57.3 Å². The second-order valence-corrected chi connectivity index (χ2v) is 8.36. The van der Waals surface area contributed by atoms with Crippen LogP contribution in [-0.4, -0.2) is 64.5 Å². The van der Waals surface area contributed by atoms with Crippen molar-refractivity contribution in [3.63, 3.8) is 0 Å². The molecular formula is C22H29N3O3. The lowest BCUT2D eigenvalue weighted by molar-refractivity contribution is -0.165. The van der Waals surface area contributed by atoms with Gasteiger partial charge in [-0.15, -0.1) is 0 Å². The molecule has 2 N–H and O–H groups in total. The van der Waals surface area contributed by atoms with E-state index in [1.54, 1.807) is 0 Å². The number of carbonyl (C=O) groups excluding carboxylic acids is 1. The number of likely N-dealkylation sites (N-methyl/N-ethyl adjacent to an activating group) is 1. The smallest absolute Gasteiger partial charge is 0.311 e. The number of hydrogen-bond donors (Lipinski definition) is 2. The molecule has 28 heavy (non-hydrogen) atoms. The number of H-pyrrole nitrogens is 1. The van der Waals surface area contributed by atoms with Crippen LogP contribution in [0, 0.1) is 5.41 Å². The Morgan fingerprint density at radius 1 is 1.25 bits per heavy atom. The number of nitrogens with one attached hydrogen (secondary N) is 1. The normalized spacial score (nSPS) is 25.6. The topological polar surface area (TPSA) is 76.6 Å². The van der Waals surface area contributed by atoms with E-state index in [0.717, 1.165) is 37.7 Å². The molecule has 1 amide bonds. The molecule has 150 valence electrons. The van der Waals surface area contributed by atoms with Gasteiger partial charge >= 0.3 is 5.97 Å². The highest BCUT2D eigenvalue weighted by Crippen LogP contribution is 2.42. The van der Waals surface area contributed by atoms with Crippen molar-refractivity contribution < 1.29 is 14.7 Å². The van der Waals surface area contributed by atoms with Crippen molar-refractivity contribution in [1.82, 2.24) is 14.8 Å². The maximum absolute atomic E-state index is 12.8. The molecule has 0 aliphatic carbocycles. The molecule has 0 bridgehead atoms. The number of carboxylic acid groups (broad SMARTS) is 1. The third kappa shape index (κ3) is 3.30. The van der Waals surface area contributed by atoms with Crippen molar-refractivity contribution in [2.24, 2.45) is 5.41 Å². The summed E-state index contributed by atoms with van der Waals surface area (Å²) in [5.74, 6) is -0.548. The summed E-state index contributed by atoms with van der Waals surface area (Å²) in [7, 11) is 1.99. The maximum Gasteiger partial charge on any atom is 0.311 e. The summed E-state index contributed by atoms with van der Waals surface area (Å²) in [6, 6.07) is 8.14. The van der Waals surface area contributed by atoms with Gasteiger partial charge in [0.1, 0.15) is 0 Å². The number of benzene rings is 1. The molecule has 6 heteroatoms. The van der Waals surface area contributed by atoms with Crippen LogP contribution in [0.25, 0.3) is 10.9 Å². The number of piperidine rings is 2. The van der Waals surface area contributed by atoms with Gasteiger partial charge in [0.2, 0.25) is 5.91 Å². The van der Waals surface area contributed by atoms with Crippen LogP contribution < -0.4 is 0 Å². The van der Waals surface area contributed by atoms with E-state index < -0.39 is 11.4 Å². The monoisotopic (exact) mass is 383 g/mol. The Morgan fingerprint density at radius 3 is 2.89 bits per heavy atom. The zero-order valence-corrected chi connectivity index (χ0v) is 16.5. The first kappa shape index (κ1) is 19.0. The molecule has 1 aromatic carbocycles. The Kier molecular flexibility index (Phi) is 5.15. The third-order valence-corrected chi connectivity index (χ3v) is 6.82. The van der Waals surface area contributed by atoms with E-state index in [-0.39, 0.29) is 11.9 Å². The molecule has 0 spiro atoms. The van der Waals surface area contributed by atoms with E-state index in [9.17, 15) is 14.7 Å². The van der Waals surface area contributed by atoms with Crippen LogP contribution in [0.1, 0.15) is 37.7 Å². The summed E-state index contributed by atoms with van der Waals surface area (Å²) >= 11 is 0. The van der Waals surface area contributed by atoms with Gasteiger partial charge < -0.3 is 19.9 Å². The van der Waals surface area contributed by atoms with Gasteiger partial charge in [-0.1, -0.05) is 18.2 Å². The molecule has 2 aromatic rings. The van der Waals surface area contributed by atoms with E-state index >= 15 is 0 Å². The second kappa shape index (κ2) is 7.59. The van der Waals surface area contributed by atoms with Gasteiger partial charge in [0.15, 0.2) is 0 Å². The molecule has 0 unspecified atom stereocenters. The number of hydrogen-bond acceptors (Lipinski definition) is 3. The predicted octanol–water partition coefficient (Wildman–Crippen LogP) is 2.89. The molecule has 2 aliphatic rings. The summed E-state index contributed by atoms with van der Waals surface area (Å²) in [6.07, 6.45) is 6.42. The third-order valence-electron chi connectivity index (χ3n) is 6.82. The van der Waals surface area contributed by atoms with E-state index in [2.05, 4.69) is 22.0 Å². The number of nitrogens with zero attached hydrogens (tertiary/aromatic N) is 2. The number of carboxylic acids is 1. The summed E-state index contributed by atoms with van der Waals surface area (Å²) in [5.41, 5.74) is 1.69. The number of carbonyl (C=O) groups is 2. The SMILES string of the molecule is CN1CCC[C@]2(C(=O)O)CCN(C(=O)CCCc3c[nH]c4ccccc34)C[C@@H]12. The minimum Gasteiger partial charge on any atom is -0.481 e. The standard InChI is InChI=1S/C22H29N3O3/c1-24-12-5-10-22(21(27)28)11-13-25(15-19(22)24)20(26)9-4-6-16-14-23-18-8-3-2-7-17(16)18/h2-3,7-8,14,19,23H,4-6,9-13,15H2,1H3,(H,27,28)/t19-,22+/m1/s1. The number of fused-ring (bicyclic) bond motifs is 2. The Balaban J connectivity index is 1.36. The molecule has 2 saturated heterocycles. The molecule has 0 saturated carbocycles. The summed E-state index contributed by atoms with van der Waals surface area (Å²) in [4.78, 5) is 32.1. The molecular weight excluding hydrogens is 354 g/mol. The Labute approximate surface area is 165 Å². The fourth-order valence-electron chi connectivity index (χ4n) is 5.14. The maximum atomic E-state index is 12.8. The van der Waals surface area contributed by atoms with Crippen molar-refractivity contribution in [3.8, 4) is 0 Å². The highest BCUT2D eigenvalue weighted by molar-refractivity contribution is 5.83. The van der Waals surface area contributed by atoms with E-state index in [1.807, 2.05) is 30.3 Å². The van der Waals surface area contributed by atoms with Crippen LogP contribution in [-0.2, 0) is 16.0 Å². The number of aryl methyl sites for hydroxylation is 1. The summed E-state index contributed by atoms with van der Waals surface area (Å²) in [5, 5.41) is 11.1. The fraction of sp³-hybridized carbons (Fsp3) is 0.545.